The quantitative estimate of drug-likeness (QED) is 0.656. The van der Waals surface area contributed by atoms with Crippen LogP contribution in [-0.2, 0) is 16.1 Å². The van der Waals surface area contributed by atoms with Gasteiger partial charge in [0.25, 0.3) is 11.8 Å². The highest BCUT2D eigenvalue weighted by Gasteiger charge is 2.51. The Morgan fingerprint density at radius 3 is 2.71 bits per heavy atom. The highest BCUT2D eigenvalue weighted by molar-refractivity contribution is 7.13. The summed E-state index contributed by atoms with van der Waals surface area (Å²) in [6, 6.07) is 3.31. The molecular formula is C21H27N5O4S. The molecule has 3 heterocycles. The summed E-state index contributed by atoms with van der Waals surface area (Å²) in [4.78, 5) is 42.2. The van der Waals surface area contributed by atoms with Crippen molar-refractivity contribution in [3.05, 3.63) is 23.4 Å². The lowest BCUT2D eigenvalue weighted by atomic mass is 9.90. The van der Waals surface area contributed by atoms with Gasteiger partial charge in [-0.3, -0.25) is 14.5 Å². The van der Waals surface area contributed by atoms with Gasteiger partial charge in [-0.25, -0.2) is 4.79 Å². The molecule has 2 aromatic rings. The van der Waals surface area contributed by atoms with Crippen LogP contribution in [0.2, 0.25) is 0 Å². The number of nitrogens with zero attached hydrogens (tertiary/aromatic N) is 4. The predicted molar refractivity (Wildman–Crippen MR) is 114 cm³/mol. The summed E-state index contributed by atoms with van der Waals surface area (Å²) in [7, 11) is 0. The maximum atomic E-state index is 13.1. The fraction of sp³-hybridized carbons (Fsp3) is 0.571. The van der Waals surface area contributed by atoms with Gasteiger partial charge in [-0.2, -0.15) is 0 Å². The van der Waals surface area contributed by atoms with Gasteiger partial charge >= 0.3 is 6.03 Å². The Morgan fingerprint density at radius 2 is 2.03 bits per heavy atom. The number of amides is 4. The number of aromatic nitrogens is 2. The van der Waals surface area contributed by atoms with Gasteiger partial charge in [-0.15, -0.1) is 21.5 Å². The molecule has 1 N–H and O–H groups in total. The summed E-state index contributed by atoms with van der Waals surface area (Å²) in [5.41, 5.74) is -0.842. The van der Waals surface area contributed by atoms with E-state index in [-0.39, 0.29) is 24.9 Å². The molecule has 4 rings (SSSR count). The Kier molecular flexibility index (Phi) is 6.35. The molecule has 4 amide bonds. The number of imide groups is 1. The highest BCUT2D eigenvalue weighted by Crippen LogP contribution is 2.32. The van der Waals surface area contributed by atoms with E-state index in [9.17, 15) is 14.4 Å². The van der Waals surface area contributed by atoms with Crippen molar-refractivity contribution in [1.29, 1.82) is 0 Å². The first-order valence-corrected chi connectivity index (χ1v) is 11.7. The van der Waals surface area contributed by atoms with E-state index in [1.165, 1.54) is 11.3 Å². The number of nitrogens with one attached hydrogen (secondary N) is 1. The lowest BCUT2D eigenvalue weighted by molar-refractivity contribution is -0.139. The minimum absolute atomic E-state index is 0.139. The molecule has 1 saturated heterocycles. The van der Waals surface area contributed by atoms with Gasteiger partial charge in [0.2, 0.25) is 11.8 Å². The van der Waals surface area contributed by atoms with Crippen molar-refractivity contribution in [1.82, 2.24) is 25.3 Å². The van der Waals surface area contributed by atoms with Gasteiger partial charge < -0.3 is 14.6 Å². The van der Waals surface area contributed by atoms with Crippen molar-refractivity contribution < 1.29 is 18.8 Å². The molecule has 2 aliphatic rings. The van der Waals surface area contributed by atoms with Crippen LogP contribution in [0.25, 0.3) is 10.8 Å². The topological polar surface area (TPSA) is 109 Å². The molecule has 1 spiro atoms. The van der Waals surface area contributed by atoms with Gasteiger partial charge in [-0.05, 0) is 30.7 Å². The summed E-state index contributed by atoms with van der Waals surface area (Å²) in [6.07, 6.45) is 5.92. The number of urea groups is 1. The molecule has 1 saturated carbocycles. The van der Waals surface area contributed by atoms with Crippen LogP contribution in [0.3, 0.4) is 0 Å². The van der Waals surface area contributed by atoms with Gasteiger partial charge in [0.05, 0.1) is 11.4 Å². The second-order valence-electron chi connectivity index (χ2n) is 8.11. The Morgan fingerprint density at radius 1 is 1.26 bits per heavy atom. The lowest BCUT2D eigenvalue weighted by Crippen LogP contribution is -2.47. The second-order valence-corrected chi connectivity index (χ2v) is 9.06. The zero-order valence-electron chi connectivity index (χ0n) is 17.6. The fourth-order valence-corrected chi connectivity index (χ4v) is 4.91. The zero-order valence-corrected chi connectivity index (χ0v) is 18.4. The first-order chi connectivity index (χ1) is 15.0. The predicted octanol–water partition coefficient (Wildman–Crippen LogP) is 3.18. The molecule has 1 aliphatic heterocycles. The SMILES string of the molecule is CCCN(Cc1nnc(-c2cccs2)o1)C(=O)CN1C(=O)NC2(CCCCCC2)C1=O. The highest BCUT2D eigenvalue weighted by atomic mass is 32.1. The van der Waals surface area contributed by atoms with Crippen LogP contribution >= 0.6 is 11.3 Å². The van der Waals surface area contributed by atoms with Crippen LogP contribution in [0.15, 0.2) is 21.9 Å². The van der Waals surface area contributed by atoms with Gasteiger partial charge in [0, 0.05) is 6.54 Å². The maximum absolute atomic E-state index is 13.1. The molecule has 0 bridgehead atoms. The monoisotopic (exact) mass is 445 g/mol. The molecule has 0 aromatic carbocycles. The minimum atomic E-state index is -0.842. The Labute approximate surface area is 184 Å². The van der Waals surface area contributed by atoms with Crippen molar-refractivity contribution in [2.24, 2.45) is 0 Å². The molecule has 10 heteroatoms. The van der Waals surface area contributed by atoms with Gasteiger partial charge in [0.15, 0.2) is 0 Å². The largest absolute Gasteiger partial charge is 0.418 e. The van der Waals surface area contributed by atoms with E-state index in [0.717, 1.165) is 41.9 Å². The molecule has 0 unspecified atom stereocenters. The number of thiophene rings is 1. The normalized spacial score (nSPS) is 18.3. The molecule has 2 fully saturated rings. The standard InChI is InChI=1S/C21H27N5O4S/c1-2-11-25(13-16-23-24-18(30-16)15-8-7-12-31-15)17(27)14-26-19(28)21(22-20(26)29)9-5-3-4-6-10-21/h7-8,12H,2-6,9-11,13-14H2,1H3,(H,22,29). The first-order valence-electron chi connectivity index (χ1n) is 10.8. The second kappa shape index (κ2) is 9.17. The number of hydrogen-bond donors (Lipinski definition) is 1. The van der Waals surface area contributed by atoms with E-state index in [0.29, 0.717) is 31.2 Å². The number of rotatable bonds is 7. The van der Waals surface area contributed by atoms with Gasteiger partial charge in [0.1, 0.15) is 12.1 Å². The summed E-state index contributed by atoms with van der Waals surface area (Å²) >= 11 is 1.49. The van der Waals surface area contributed by atoms with E-state index >= 15 is 0 Å². The van der Waals surface area contributed by atoms with E-state index in [4.69, 9.17) is 4.42 Å². The molecule has 0 radical (unpaired) electrons. The van der Waals surface area contributed by atoms with Crippen LogP contribution in [0.5, 0.6) is 0 Å². The summed E-state index contributed by atoms with van der Waals surface area (Å²) in [5.74, 6) is 0.148. The van der Waals surface area contributed by atoms with E-state index in [1.54, 1.807) is 4.90 Å². The Hall–Kier alpha value is -2.75. The Bertz CT molecular complexity index is 933. The maximum Gasteiger partial charge on any atom is 0.325 e. The molecular weight excluding hydrogens is 418 g/mol. The molecule has 1 aliphatic carbocycles. The third kappa shape index (κ3) is 4.48. The lowest BCUT2D eigenvalue weighted by Gasteiger charge is -2.25. The average Bonchev–Trinajstić information content (AvgIpc) is 3.44. The average molecular weight is 446 g/mol. The third-order valence-corrected chi connectivity index (χ3v) is 6.73. The number of carbonyl (C=O) groups excluding carboxylic acids is 3. The molecule has 0 atom stereocenters. The van der Waals surface area contributed by atoms with Crippen molar-refractivity contribution >= 4 is 29.2 Å². The fourth-order valence-electron chi connectivity index (χ4n) is 4.27. The first kappa shape index (κ1) is 21.5. The summed E-state index contributed by atoms with van der Waals surface area (Å²) < 4.78 is 5.71. The minimum Gasteiger partial charge on any atom is -0.418 e. The van der Waals surface area contributed by atoms with Crippen LogP contribution in [0, 0.1) is 0 Å². The summed E-state index contributed by atoms with van der Waals surface area (Å²) in [6.45, 7) is 2.28. The third-order valence-electron chi connectivity index (χ3n) is 5.87. The molecule has 2 aromatic heterocycles. The smallest absolute Gasteiger partial charge is 0.325 e. The van der Waals surface area contributed by atoms with Crippen molar-refractivity contribution in [2.75, 3.05) is 13.1 Å². The van der Waals surface area contributed by atoms with E-state index in [1.807, 2.05) is 24.4 Å². The molecule has 31 heavy (non-hydrogen) atoms. The molecule has 166 valence electrons. The Balaban J connectivity index is 1.44. The number of carbonyl (C=O) groups is 3. The van der Waals surface area contributed by atoms with Crippen LogP contribution < -0.4 is 5.32 Å². The van der Waals surface area contributed by atoms with E-state index in [2.05, 4.69) is 15.5 Å². The van der Waals surface area contributed by atoms with Crippen molar-refractivity contribution in [3.63, 3.8) is 0 Å². The summed E-state index contributed by atoms with van der Waals surface area (Å²) in [5, 5.41) is 12.9. The van der Waals surface area contributed by atoms with Crippen LogP contribution in [0.1, 0.15) is 57.8 Å². The van der Waals surface area contributed by atoms with Crippen LogP contribution in [-0.4, -0.2) is 56.5 Å². The van der Waals surface area contributed by atoms with Gasteiger partial charge in [-0.1, -0.05) is 38.7 Å². The zero-order chi connectivity index (χ0) is 21.8. The van der Waals surface area contributed by atoms with Crippen LogP contribution in [0.4, 0.5) is 4.79 Å². The number of hydrogen-bond acceptors (Lipinski definition) is 7. The van der Waals surface area contributed by atoms with E-state index < -0.39 is 11.6 Å². The molecule has 9 nitrogen and oxygen atoms in total. The van der Waals surface area contributed by atoms with Crippen molar-refractivity contribution in [2.45, 2.75) is 64.0 Å². The van der Waals surface area contributed by atoms with Crippen molar-refractivity contribution in [3.8, 4) is 10.8 Å².